The van der Waals surface area contributed by atoms with Crippen molar-refractivity contribution in [3.63, 3.8) is 0 Å². The van der Waals surface area contributed by atoms with E-state index in [4.69, 9.17) is 0 Å². The number of benzene rings is 2. The van der Waals surface area contributed by atoms with Crippen LogP contribution in [-0.4, -0.2) is 25.5 Å². The molecule has 1 atom stereocenters. The van der Waals surface area contributed by atoms with E-state index in [9.17, 15) is 0 Å². The third-order valence-corrected chi connectivity index (χ3v) is 5.13. The Morgan fingerprint density at radius 3 is 1.91 bits per heavy atom. The molecule has 0 aromatic heterocycles. The number of hydrogen-bond acceptors (Lipinski definition) is 1. The molecule has 1 nitrogen and oxygen atoms in total. The second kappa shape index (κ2) is 7.99. The molecule has 2 heteroatoms. The molecule has 3 rings (SSSR count). The van der Waals surface area contributed by atoms with Gasteiger partial charge in [0.25, 0.3) is 0 Å². The van der Waals surface area contributed by atoms with Crippen molar-refractivity contribution in [2.24, 2.45) is 5.92 Å². The minimum atomic E-state index is 0. The van der Waals surface area contributed by atoms with Gasteiger partial charge < -0.3 is 4.90 Å². The van der Waals surface area contributed by atoms with Crippen LogP contribution in [0.15, 0.2) is 60.7 Å². The highest BCUT2D eigenvalue weighted by atomic mass is 35.5. The van der Waals surface area contributed by atoms with Crippen molar-refractivity contribution in [1.82, 2.24) is 4.90 Å². The normalized spacial score (nSPS) is 20.0. The van der Waals surface area contributed by atoms with Crippen molar-refractivity contribution >= 4 is 12.4 Å². The SMILES string of the molecule is CN(C)CC1CCCC(c2ccccc2)(c2ccccc2)C1.Cl. The van der Waals surface area contributed by atoms with Crippen molar-refractivity contribution in [2.75, 3.05) is 20.6 Å². The summed E-state index contributed by atoms with van der Waals surface area (Å²) < 4.78 is 0. The van der Waals surface area contributed by atoms with Crippen LogP contribution in [0, 0.1) is 5.92 Å². The highest BCUT2D eigenvalue weighted by Gasteiger charge is 2.39. The maximum atomic E-state index is 2.34. The van der Waals surface area contributed by atoms with Crippen LogP contribution in [0.3, 0.4) is 0 Å². The van der Waals surface area contributed by atoms with Gasteiger partial charge in [-0.05, 0) is 50.4 Å². The fourth-order valence-electron chi connectivity index (χ4n) is 4.27. The van der Waals surface area contributed by atoms with E-state index in [-0.39, 0.29) is 17.8 Å². The Morgan fingerprint density at radius 1 is 0.913 bits per heavy atom. The van der Waals surface area contributed by atoms with E-state index in [0.717, 1.165) is 5.92 Å². The van der Waals surface area contributed by atoms with E-state index in [1.165, 1.54) is 43.4 Å². The summed E-state index contributed by atoms with van der Waals surface area (Å²) >= 11 is 0. The first-order chi connectivity index (χ1) is 10.7. The molecular formula is C21H28ClN. The lowest BCUT2D eigenvalue weighted by molar-refractivity contribution is 0.208. The maximum absolute atomic E-state index is 2.34. The van der Waals surface area contributed by atoms with E-state index in [1.807, 2.05) is 0 Å². The van der Waals surface area contributed by atoms with Gasteiger partial charge >= 0.3 is 0 Å². The zero-order valence-electron chi connectivity index (χ0n) is 14.2. The summed E-state index contributed by atoms with van der Waals surface area (Å²) in [6, 6.07) is 22.3. The van der Waals surface area contributed by atoms with Crippen molar-refractivity contribution in [1.29, 1.82) is 0 Å². The lowest BCUT2D eigenvalue weighted by Crippen LogP contribution is -2.37. The molecule has 1 aliphatic rings. The molecule has 0 spiro atoms. The highest BCUT2D eigenvalue weighted by Crippen LogP contribution is 2.46. The summed E-state index contributed by atoms with van der Waals surface area (Å²) in [7, 11) is 4.39. The molecule has 1 saturated carbocycles. The second-order valence-corrected chi connectivity index (χ2v) is 7.04. The molecule has 23 heavy (non-hydrogen) atoms. The maximum Gasteiger partial charge on any atom is 0.0206 e. The van der Waals surface area contributed by atoms with Gasteiger partial charge in [0.05, 0.1) is 0 Å². The minimum absolute atomic E-state index is 0. The summed E-state index contributed by atoms with van der Waals surface area (Å²) in [4.78, 5) is 2.34. The first kappa shape index (κ1) is 18.0. The molecule has 1 unspecified atom stereocenters. The average molecular weight is 330 g/mol. The standard InChI is InChI=1S/C21H27N.ClH/c1-22(2)17-18-10-9-15-21(16-18,19-11-5-3-6-12-19)20-13-7-4-8-14-20;/h3-8,11-14,18H,9-10,15-17H2,1-2H3;1H. The molecular weight excluding hydrogens is 302 g/mol. The number of halogens is 1. The summed E-state index contributed by atoms with van der Waals surface area (Å²) in [5.74, 6) is 0.782. The van der Waals surface area contributed by atoms with Crippen molar-refractivity contribution in [3.05, 3.63) is 71.8 Å². The van der Waals surface area contributed by atoms with Gasteiger partial charge in [0, 0.05) is 12.0 Å². The molecule has 2 aromatic carbocycles. The Kier molecular flexibility index (Phi) is 6.26. The summed E-state index contributed by atoms with van der Waals surface area (Å²) in [5, 5.41) is 0. The lowest BCUT2D eigenvalue weighted by atomic mass is 9.62. The monoisotopic (exact) mass is 329 g/mol. The molecule has 124 valence electrons. The van der Waals surface area contributed by atoms with Gasteiger partial charge in [0.2, 0.25) is 0 Å². The number of nitrogens with zero attached hydrogens (tertiary/aromatic N) is 1. The van der Waals surface area contributed by atoms with Crippen LogP contribution in [0.5, 0.6) is 0 Å². The van der Waals surface area contributed by atoms with E-state index >= 15 is 0 Å². The number of hydrogen-bond donors (Lipinski definition) is 0. The van der Waals surface area contributed by atoms with Gasteiger partial charge in [0.1, 0.15) is 0 Å². The molecule has 0 saturated heterocycles. The van der Waals surface area contributed by atoms with Gasteiger partial charge in [-0.15, -0.1) is 12.4 Å². The van der Waals surface area contributed by atoms with Crippen molar-refractivity contribution < 1.29 is 0 Å². The Bertz CT molecular complexity index is 540. The highest BCUT2D eigenvalue weighted by molar-refractivity contribution is 5.85. The lowest BCUT2D eigenvalue weighted by Gasteiger charge is -2.43. The predicted octanol–water partition coefficient (Wildman–Crippen LogP) is 5.15. The molecule has 1 fully saturated rings. The molecule has 0 radical (unpaired) electrons. The molecule has 1 aliphatic carbocycles. The fraction of sp³-hybridized carbons (Fsp3) is 0.429. The topological polar surface area (TPSA) is 3.24 Å². The molecule has 2 aromatic rings. The van der Waals surface area contributed by atoms with Gasteiger partial charge in [-0.25, -0.2) is 0 Å². The van der Waals surface area contributed by atoms with Crippen molar-refractivity contribution in [3.8, 4) is 0 Å². The Hall–Kier alpha value is -1.31. The third kappa shape index (κ3) is 3.97. The van der Waals surface area contributed by atoms with Crippen LogP contribution >= 0.6 is 12.4 Å². The summed E-state index contributed by atoms with van der Waals surface area (Å²) in [6.45, 7) is 1.20. The van der Waals surface area contributed by atoms with Crippen molar-refractivity contribution in [2.45, 2.75) is 31.1 Å². The molecule has 0 bridgehead atoms. The van der Waals surface area contributed by atoms with Crippen LogP contribution in [0.4, 0.5) is 0 Å². The van der Waals surface area contributed by atoms with E-state index in [1.54, 1.807) is 0 Å². The first-order valence-electron chi connectivity index (χ1n) is 8.46. The van der Waals surface area contributed by atoms with Crippen LogP contribution in [0.1, 0.15) is 36.8 Å². The fourth-order valence-corrected chi connectivity index (χ4v) is 4.27. The zero-order valence-corrected chi connectivity index (χ0v) is 15.1. The smallest absolute Gasteiger partial charge is 0.0206 e. The summed E-state index contributed by atoms with van der Waals surface area (Å²) in [6.07, 6.45) is 5.21. The number of rotatable bonds is 4. The van der Waals surface area contributed by atoms with Gasteiger partial charge in [0.15, 0.2) is 0 Å². The predicted molar refractivity (Wildman–Crippen MR) is 101 cm³/mol. The second-order valence-electron chi connectivity index (χ2n) is 7.04. The van der Waals surface area contributed by atoms with Gasteiger partial charge in [-0.1, -0.05) is 67.1 Å². The van der Waals surface area contributed by atoms with Crippen LogP contribution in [-0.2, 0) is 5.41 Å². The first-order valence-corrected chi connectivity index (χ1v) is 8.46. The van der Waals surface area contributed by atoms with Crippen LogP contribution < -0.4 is 0 Å². The molecule has 0 heterocycles. The van der Waals surface area contributed by atoms with E-state index in [2.05, 4.69) is 79.7 Å². The van der Waals surface area contributed by atoms with Gasteiger partial charge in [-0.2, -0.15) is 0 Å². The van der Waals surface area contributed by atoms with E-state index < -0.39 is 0 Å². The van der Waals surface area contributed by atoms with Gasteiger partial charge in [-0.3, -0.25) is 0 Å². The third-order valence-electron chi connectivity index (χ3n) is 5.13. The quantitative estimate of drug-likeness (QED) is 0.750. The van der Waals surface area contributed by atoms with Crippen LogP contribution in [0.2, 0.25) is 0 Å². The molecule has 0 amide bonds. The Morgan fingerprint density at radius 2 is 1.43 bits per heavy atom. The Balaban J connectivity index is 0.00000192. The summed E-state index contributed by atoms with van der Waals surface area (Å²) in [5.41, 5.74) is 3.18. The van der Waals surface area contributed by atoms with E-state index in [0.29, 0.717) is 0 Å². The average Bonchev–Trinajstić information content (AvgIpc) is 2.56. The largest absolute Gasteiger partial charge is 0.309 e. The molecule has 0 N–H and O–H groups in total. The Labute approximate surface area is 147 Å². The molecule has 0 aliphatic heterocycles. The minimum Gasteiger partial charge on any atom is -0.309 e. The zero-order chi connectivity index (χ0) is 15.4. The van der Waals surface area contributed by atoms with Crippen LogP contribution in [0.25, 0.3) is 0 Å².